The normalized spacial score (nSPS) is 22.4. The Balaban J connectivity index is 1.76. The monoisotopic (exact) mass is 318 g/mol. The van der Waals surface area contributed by atoms with Gasteiger partial charge < -0.3 is 4.90 Å². The largest absolute Gasteiger partial charge is 0.308 e. The number of benzene rings is 2. The van der Waals surface area contributed by atoms with Crippen LogP contribution in [0.25, 0.3) is 0 Å². The summed E-state index contributed by atoms with van der Waals surface area (Å²) in [6, 6.07) is 14.7. The van der Waals surface area contributed by atoms with Crippen LogP contribution in [0.4, 0.5) is 0 Å². The number of rotatable bonds is 3. The first kappa shape index (κ1) is 14.4. The molecule has 0 aromatic heterocycles. The number of fused-ring (bicyclic) bond motifs is 1. The van der Waals surface area contributed by atoms with Crippen molar-refractivity contribution in [2.75, 3.05) is 0 Å². The van der Waals surface area contributed by atoms with Crippen LogP contribution in [-0.4, -0.2) is 33.6 Å². The number of likely N-dealkylation sites (tertiary alicyclic amines) is 1. The Morgan fingerprint density at radius 2 is 1.33 bits per heavy atom. The van der Waals surface area contributed by atoms with Crippen molar-refractivity contribution in [1.82, 2.24) is 9.80 Å². The highest BCUT2D eigenvalue weighted by Gasteiger charge is 2.55. The lowest BCUT2D eigenvalue weighted by Crippen LogP contribution is -2.64. The number of amides is 3. The molecule has 24 heavy (non-hydrogen) atoms. The molecule has 0 saturated carbocycles. The van der Waals surface area contributed by atoms with E-state index < -0.39 is 23.9 Å². The molecule has 0 N–H and O–H groups in total. The van der Waals surface area contributed by atoms with Crippen molar-refractivity contribution in [3.63, 3.8) is 0 Å². The van der Waals surface area contributed by atoms with Crippen LogP contribution in [0.5, 0.6) is 0 Å². The molecule has 2 aliphatic rings. The van der Waals surface area contributed by atoms with Gasteiger partial charge in [0.25, 0.3) is 17.7 Å². The van der Waals surface area contributed by atoms with E-state index in [1.54, 1.807) is 24.3 Å². The third kappa shape index (κ3) is 1.78. The second kappa shape index (κ2) is 5.16. The first-order valence-electron chi connectivity index (χ1n) is 7.61. The Morgan fingerprint density at radius 1 is 0.792 bits per heavy atom. The van der Waals surface area contributed by atoms with Crippen LogP contribution in [0, 0.1) is 0 Å². The first-order valence-corrected chi connectivity index (χ1v) is 7.61. The van der Waals surface area contributed by atoms with Crippen molar-refractivity contribution in [3.05, 3.63) is 84.1 Å². The lowest BCUT2D eigenvalue weighted by molar-refractivity contribution is -0.150. The number of hydrogen-bond acceptors (Lipinski definition) is 3. The molecule has 5 heteroatoms. The molecule has 2 atom stereocenters. The number of β-lactam (4-membered cyclic amide) rings is 1. The van der Waals surface area contributed by atoms with Gasteiger partial charge in [-0.05, 0) is 17.7 Å². The van der Waals surface area contributed by atoms with Crippen LogP contribution in [0.3, 0.4) is 0 Å². The third-order valence-electron chi connectivity index (χ3n) is 4.55. The molecular formula is C19H14N2O3. The summed E-state index contributed by atoms with van der Waals surface area (Å²) in [7, 11) is 0. The summed E-state index contributed by atoms with van der Waals surface area (Å²) in [6.45, 7) is 3.66. The Kier molecular flexibility index (Phi) is 3.09. The zero-order chi connectivity index (χ0) is 16.8. The Bertz CT molecular complexity index is 840. The van der Waals surface area contributed by atoms with Crippen molar-refractivity contribution in [3.8, 4) is 0 Å². The van der Waals surface area contributed by atoms with E-state index in [4.69, 9.17) is 0 Å². The minimum absolute atomic E-state index is 0.298. The van der Waals surface area contributed by atoms with Gasteiger partial charge in [0.05, 0.1) is 17.2 Å². The summed E-state index contributed by atoms with van der Waals surface area (Å²) < 4.78 is 0. The van der Waals surface area contributed by atoms with Gasteiger partial charge in [0, 0.05) is 6.20 Å². The topological polar surface area (TPSA) is 57.7 Å². The molecule has 0 aliphatic carbocycles. The fraction of sp³-hybridized carbons (Fsp3) is 0.105. The predicted molar refractivity (Wildman–Crippen MR) is 87.0 cm³/mol. The Hall–Kier alpha value is -3.21. The highest BCUT2D eigenvalue weighted by Crippen LogP contribution is 2.41. The van der Waals surface area contributed by atoms with E-state index in [2.05, 4.69) is 6.58 Å². The summed E-state index contributed by atoms with van der Waals surface area (Å²) in [6.07, 6.45) is 1.44. The van der Waals surface area contributed by atoms with Crippen LogP contribution in [0.15, 0.2) is 67.4 Å². The van der Waals surface area contributed by atoms with Gasteiger partial charge in [0.1, 0.15) is 6.04 Å². The molecule has 2 aliphatic heterocycles. The fourth-order valence-corrected chi connectivity index (χ4v) is 3.40. The molecule has 0 unspecified atom stereocenters. The minimum atomic E-state index is -0.835. The van der Waals surface area contributed by atoms with Crippen molar-refractivity contribution < 1.29 is 14.4 Å². The standard InChI is InChI=1S/C19H14N2O3/c1-2-20-15(12-8-4-3-5-9-12)16(19(20)24)21-17(22)13-10-6-7-11-14(13)18(21)23/h2-11,15-16H,1H2/t15-,16-/m0/s1. The molecule has 2 heterocycles. The molecule has 5 nitrogen and oxygen atoms in total. The van der Waals surface area contributed by atoms with Crippen LogP contribution < -0.4 is 0 Å². The Morgan fingerprint density at radius 3 is 1.88 bits per heavy atom. The molecule has 1 saturated heterocycles. The SMILES string of the molecule is C=CN1C(=O)[C@@H](N2C(=O)c3ccccc3C2=O)[C@@H]1c1ccccc1. The smallest absolute Gasteiger partial charge is 0.262 e. The maximum Gasteiger partial charge on any atom is 0.262 e. The van der Waals surface area contributed by atoms with Gasteiger partial charge in [-0.1, -0.05) is 49.0 Å². The van der Waals surface area contributed by atoms with Gasteiger partial charge in [0.2, 0.25) is 0 Å². The van der Waals surface area contributed by atoms with Crippen LogP contribution in [-0.2, 0) is 4.79 Å². The summed E-state index contributed by atoms with van der Waals surface area (Å²) in [4.78, 5) is 40.4. The van der Waals surface area contributed by atoms with E-state index in [1.165, 1.54) is 11.1 Å². The molecule has 0 spiro atoms. The molecule has 4 rings (SSSR count). The first-order chi connectivity index (χ1) is 11.6. The lowest BCUT2D eigenvalue weighted by Gasteiger charge is -2.48. The van der Waals surface area contributed by atoms with Gasteiger partial charge in [-0.2, -0.15) is 0 Å². The Labute approximate surface area is 138 Å². The number of carbonyl (C=O) groups excluding carboxylic acids is 3. The summed E-state index contributed by atoms with van der Waals surface area (Å²) >= 11 is 0. The van der Waals surface area contributed by atoms with Gasteiger partial charge in [-0.3, -0.25) is 19.3 Å². The van der Waals surface area contributed by atoms with Gasteiger partial charge in [0.15, 0.2) is 0 Å². The summed E-state index contributed by atoms with van der Waals surface area (Å²) in [5, 5.41) is 0. The van der Waals surface area contributed by atoms with Crippen LogP contribution >= 0.6 is 0 Å². The van der Waals surface area contributed by atoms with Gasteiger partial charge in [-0.15, -0.1) is 0 Å². The lowest BCUT2D eigenvalue weighted by atomic mass is 9.87. The maximum absolute atomic E-state index is 12.7. The molecule has 2 aromatic carbocycles. The zero-order valence-electron chi connectivity index (χ0n) is 12.8. The molecule has 2 aromatic rings. The van der Waals surface area contributed by atoms with Crippen molar-refractivity contribution >= 4 is 17.7 Å². The molecule has 1 fully saturated rings. The second-order valence-corrected chi connectivity index (χ2v) is 5.75. The molecular weight excluding hydrogens is 304 g/mol. The number of imide groups is 1. The van der Waals surface area contributed by atoms with Gasteiger partial charge >= 0.3 is 0 Å². The van der Waals surface area contributed by atoms with E-state index in [9.17, 15) is 14.4 Å². The van der Waals surface area contributed by atoms with E-state index in [0.717, 1.165) is 10.5 Å². The average Bonchev–Trinajstić information content (AvgIpc) is 2.86. The second-order valence-electron chi connectivity index (χ2n) is 5.75. The third-order valence-corrected chi connectivity index (χ3v) is 4.55. The highest BCUT2D eigenvalue weighted by molar-refractivity contribution is 6.23. The summed E-state index contributed by atoms with van der Waals surface area (Å²) in [5.74, 6) is -1.13. The van der Waals surface area contributed by atoms with Crippen LogP contribution in [0.2, 0.25) is 0 Å². The van der Waals surface area contributed by atoms with Gasteiger partial charge in [-0.25, -0.2) is 0 Å². The quantitative estimate of drug-likeness (QED) is 0.645. The number of hydrogen-bond donors (Lipinski definition) is 0. The predicted octanol–water partition coefficient (Wildman–Crippen LogP) is 2.38. The minimum Gasteiger partial charge on any atom is -0.308 e. The van der Waals surface area contributed by atoms with E-state index in [0.29, 0.717) is 11.1 Å². The number of carbonyl (C=O) groups is 3. The molecule has 3 amide bonds. The van der Waals surface area contributed by atoms with Crippen molar-refractivity contribution in [1.29, 1.82) is 0 Å². The summed E-state index contributed by atoms with van der Waals surface area (Å²) in [5.41, 5.74) is 1.55. The average molecular weight is 318 g/mol. The highest BCUT2D eigenvalue weighted by atomic mass is 16.2. The molecule has 0 bridgehead atoms. The molecule has 0 radical (unpaired) electrons. The van der Waals surface area contributed by atoms with Crippen molar-refractivity contribution in [2.45, 2.75) is 12.1 Å². The fourth-order valence-electron chi connectivity index (χ4n) is 3.40. The van der Waals surface area contributed by atoms with E-state index in [1.807, 2.05) is 30.3 Å². The van der Waals surface area contributed by atoms with E-state index >= 15 is 0 Å². The van der Waals surface area contributed by atoms with Crippen molar-refractivity contribution in [2.24, 2.45) is 0 Å². The maximum atomic E-state index is 12.7. The van der Waals surface area contributed by atoms with Crippen LogP contribution in [0.1, 0.15) is 32.3 Å². The zero-order valence-corrected chi connectivity index (χ0v) is 12.8. The van der Waals surface area contributed by atoms with E-state index in [-0.39, 0.29) is 5.91 Å². The number of nitrogens with zero attached hydrogens (tertiary/aromatic N) is 2. The molecule has 118 valence electrons.